The lowest BCUT2D eigenvalue weighted by Gasteiger charge is -2.39. The number of nitrogens with one attached hydrogen (secondary N) is 1. The Balaban J connectivity index is 1.30. The molecule has 0 aliphatic carbocycles. The van der Waals surface area contributed by atoms with Crippen LogP contribution in [0, 0.1) is 12.8 Å². The lowest BCUT2D eigenvalue weighted by atomic mass is 9.98. The first kappa shape index (κ1) is 24.4. The van der Waals surface area contributed by atoms with Crippen LogP contribution in [-0.4, -0.2) is 40.4 Å². The smallest absolute Gasteiger partial charge is 0.507 e. The van der Waals surface area contributed by atoms with Gasteiger partial charge >= 0.3 is 6.36 Å². The highest BCUT2D eigenvalue weighted by molar-refractivity contribution is 5.93. The molecule has 5 rings (SSSR count). The van der Waals surface area contributed by atoms with Gasteiger partial charge in [0.25, 0.3) is 0 Å². The fourth-order valence-corrected chi connectivity index (χ4v) is 4.25. The summed E-state index contributed by atoms with van der Waals surface area (Å²) in [6.07, 6.45) is -4.78. The zero-order valence-electron chi connectivity index (χ0n) is 19.8. The second-order valence-electron chi connectivity index (χ2n) is 8.92. The number of benzene rings is 3. The van der Waals surface area contributed by atoms with Gasteiger partial charge in [0, 0.05) is 25.0 Å². The van der Waals surface area contributed by atoms with Crippen molar-refractivity contribution in [1.82, 2.24) is 15.3 Å². The van der Waals surface area contributed by atoms with E-state index in [9.17, 15) is 23.1 Å². The third kappa shape index (κ3) is 5.42. The highest BCUT2D eigenvalue weighted by Gasteiger charge is 2.35. The maximum absolute atomic E-state index is 12.7. The monoisotopic (exact) mass is 508 g/mol. The predicted octanol–water partition coefficient (Wildman–Crippen LogP) is 4.96. The molecule has 37 heavy (non-hydrogen) atoms. The standard InChI is InChI=1S/C27H23F3N4O3/c1-16-9-10-20-22(11-16)32-24(21-7-2-3-8-23(21)35)33-25(20)34-14-18(15-34)26(36)31-13-17-5-4-6-19(12-17)37-27(28,29)30/h2-12,18,35H,13-15H2,1H3,(H,31,36). The van der Waals surface area contributed by atoms with Crippen molar-refractivity contribution in [2.75, 3.05) is 18.0 Å². The number of aromatic nitrogens is 2. The van der Waals surface area contributed by atoms with Gasteiger partial charge in [0.05, 0.1) is 17.0 Å². The molecule has 0 atom stereocenters. The molecular weight excluding hydrogens is 485 g/mol. The molecule has 1 amide bonds. The number of rotatable bonds is 6. The molecule has 1 fully saturated rings. The fourth-order valence-electron chi connectivity index (χ4n) is 4.25. The van der Waals surface area contributed by atoms with Crippen LogP contribution in [0.1, 0.15) is 11.1 Å². The highest BCUT2D eigenvalue weighted by atomic mass is 19.4. The molecule has 0 spiro atoms. The fraction of sp³-hybridized carbons (Fsp3) is 0.222. The Hall–Kier alpha value is -4.34. The van der Waals surface area contributed by atoms with Crippen molar-refractivity contribution in [3.8, 4) is 22.9 Å². The van der Waals surface area contributed by atoms with Crippen LogP contribution in [-0.2, 0) is 11.3 Å². The molecular formula is C27H23F3N4O3. The Morgan fingerprint density at radius 3 is 2.62 bits per heavy atom. The van der Waals surface area contributed by atoms with Gasteiger partial charge in [-0.25, -0.2) is 9.97 Å². The van der Waals surface area contributed by atoms with Crippen molar-refractivity contribution >= 4 is 22.6 Å². The van der Waals surface area contributed by atoms with Gasteiger partial charge in [-0.3, -0.25) is 4.79 Å². The molecule has 4 aromatic rings. The number of para-hydroxylation sites is 1. The van der Waals surface area contributed by atoms with E-state index in [4.69, 9.17) is 4.98 Å². The number of phenols is 1. The van der Waals surface area contributed by atoms with E-state index in [2.05, 4.69) is 15.0 Å². The minimum atomic E-state index is -4.78. The van der Waals surface area contributed by atoms with E-state index in [-0.39, 0.29) is 29.9 Å². The van der Waals surface area contributed by atoms with E-state index in [0.29, 0.717) is 35.9 Å². The number of carbonyl (C=O) groups is 1. The Morgan fingerprint density at radius 2 is 1.86 bits per heavy atom. The molecule has 2 N–H and O–H groups in total. The van der Waals surface area contributed by atoms with Gasteiger partial charge in [0.15, 0.2) is 5.82 Å². The molecule has 1 aliphatic heterocycles. The van der Waals surface area contributed by atoms with Crippen molar-refractivity contribution in [3.63, 3.8) is 0 Å². The molecule has 0 unspecified atom stereocenters. The van der Waals surface area contributed by atoms with Gasteiger partial charge < -0.3 is 20.1 Å². The topological polar surface area (TPSA) is 87.6 Å². The van der Waals surface area contributed by atoms with Crippen LogP contribution in [0.25, 0.3) is 22.3 Å². The summed E-state index contributed by atoms with van der Waals surface area (Å²) in [5.41, 5.74) is 2.78. The number of nitrogens with zero attached hydrogens (tertiary/aromatic N) is 3. The van der Waals surface area contributed by atoms with E-state index >= 15 is 0 Å². The molecule has 1 saturated heterocycles. The normalized spacial score (nSPS) is 13.9. The molecule has 2 heterocycles. The Labute approximate surface area is 210 Å². The second-order valence-corrected chi connectivity index (χ2v) is 8.92. The molecule has 0 bridgehead atoms. The number of halogens is 3. The lowest BCUT2D eigenvalue weighted by Crippen LogP contribution is -2.54. The first-order chi connectivity index (χ1) is 17.7. The van der Waals surface area contributed by atoms with Crippen molar-refractivity contribution < 1.29 is 27.8 Å². The number of alkyl halides is 3. The first-order valence-electron chi connectivity index (χ1n) is 11.6. The summed E-state index contributed by atoms with van der Waals surface area (Å²) in [6.45, 7) is 2.89. The third-order valence-corrected chi connectivity index (χ3v) is 6.13. The van der Waals surface area contributed by atoms with E-state index in [1.54, 1.807) is 30.3 Å². The summed E-state index contributed by atoms with van der Waals surface area (Å²) in [5, 5.41) is 13.9. The predicted molar refractivity (Wildman–Crippen MR) is 132 cm³/mol. The number of fused-ring (bicyclic) bond motifs is 1. The SMILES string of the molecule is Cc1ccc2c(N3CC(C(=O)NCc4cccc(OC(F)(F)F)c4)C3)nc(-c3ccccc3O)nc2c1. The zero-order chi connectivity index (χ0) is 26.2. The van der Waals surface area contributed by atoms with Crippen LogP contribution in [0.2, 0.25) is 0 Å². The van der Waals surface area contributed by atoms with Crippen LogP contribution in [0.4, 0.5) is 19.0 Å². The summed E-state index contributed by atoms with van der Waals surface area (Å²) in [7, 11) is 0. The minimum absolute atomic E-state index is 0.0750. The number of hydrogen-bond acceptors (Lipinski definition) is 6. The van der Waals surface area contributed by atoms with E-state index in [1.807, 2.05) is 30.0 Å². The summed E-state index contributed by atoms with van der Waals surface area (Å²) < 4.78 is 41.3. The average molecular weight is 509 g/mol. The molecule has 10 heteroatoms. The summed E-state index contributed by atoms with van der Waals surface area (Å²) in [4.78, 5) is 24.1. The van der Waals surface area contributed by atoms with Gasteiger partial charge in [0.1, 0.15) is 17.3 Å². The number of hydrogen-bond donors (Lipinski definition) is 2. The van der Waals surface area contributed by atoms with E-state index in [1.165, 1.54) is 18.2 Å². The summed E-state index contributed by atoms with van der Waals surface area (Å²) in [5.74, 6) is 0.294. The quantitative estimate of drug-likeness (QED) is 0.383. The maximum Gasteiger partial charge on any atom is 0.573 e. The number of anilines is 1. The molecule has 7 nitrogen and oxygen atoms in total. The van der Waals surface area contributed by atoms with Crippen LogP contribution < -0.4 is 15.0 Å². The number of phenolic OH excluding ortho intramolecular Hbond substituents is 1. The van der Waals surface area contributed by atoms with Crippen molar-refractivity contribution in [2.24, 2.45) is 5.92 Å². The van der Waals surface area contributed by atoms with Crippen LogP contribution in [0.5, 0.6) is 11.5 Å². The number of aromatic hydroxyl groups is 1. The minimum Gasteiger partial charge on any atom is -0.507 e. The van der Waals surface area contributed by atoms with Gasteiger partial charge in [0.2, 0.25) is 5.91 Å². The van der Waals surface area contributed by atoms with E-state index in [0.717, 1.165) is 16.5 Å². The molecule has 1 aliphatic rings. The third-order valence-electron chi connectivity index (χ3n) is 6.13. The first-order valence-corrected chi connectivity index (χ1v) is 11.6. The summed E-state index contributed by atoms with van der Waals surface area (Å²) >= 11 is 0. The lowest BCUT2D eigenvalue weighted by molar-refractivity contribution is -0.274. The van der Waals surface area contributed by atoms with E-state index < -0.39 is 6.36 Å². The van der Waals surface area contributed by atoms with Gasteiger partial charge in [-0.05, 0) is 54.4 Å². The van der Waals surface area contributed by atoms with Crippen molar-refractivity contribution in [2.45, 2.75) is 19.8 Å². The maximum atomic E-state index is 12.7. The Bertz CT molecular complexity index is 1470. The largest absolute Gasteiger partial charge is 0.573 e. The van der Waals surface area contributed by atoms with Crippen molar-refractivity contribution in [1.29, 1.82) is 0 Å². The van der Waals surface area contributed by atoms with Crippen LogP contribution in [0.15, 0.2) is 66.7 Å². The number of aryl methyl sites for hydroxylation is 1. The second kappa shape index (κ2) is 9.61. The average Bonchev–Trinajstić information content (AvgIpc) is 2.81. The number of amides is 1. The number of ether oxygens (including phenoxy) is 1. The Morgan fingerprint density at radius 1 is 1.08 bits per heavy atom. The Kier molecular flexibility index (Phi) is 6.32. The van der Waals surface area contributed by atoms with Gasteiger partial charge in [-0.1, -0.05) is 30.3 Å². The molecule has 1 aromatic heterocycles. The van der Waals surface area contributed by atoms with Gasteiger partial charge in [-0.15, -0.1) is 13.2 Å². The van der Waals surface area contributed by atoms with Gasteiger partial charge in [-0.2, -0.15) is 0 Å². The zero-order valence-corrected chi connectivity index (χ0v) is 19.8. The summed E-state index contributed by atoms with van der Waals surface area (Å²) in [6, 6.07) is 18.2. The van der Waals surface area contributed by atoms with Crippen LogP contribution >= 0.6 is 0 Å². The molecule has 3 aromatic carbocycles. The molecule has 190 valence electrons. The van der Waals surface area contributed by atoms with Crippen molar-refractivity contribution in [3.05, 3.63) is 77.9 Å². The number of carbonyl (C=O) groups excluding carboxylic acids is 1. The van der Waals surface area contributed by atoms with Crippen LogP contribution in [0.3, 0.4) is 0 Å². The molecule has 0 radical (unpaired) electrons. The highest BCUT2D eigenvalue weighted by Crippen LogP contribution is 2.34. The molecule has 0 saturated carbocycles.